The van der Waals surface area contributed by atoms with Gasteiger partial charge in [-0.05, 0) is 25.9 Å². The molecule has 1 N–H and O–H groups in total. The maximum atomic E-state index is 3.64. The molecular weight excluding hydrogens is 186 g/mol. The summed E-state index contributed by atoms with van der Waals surface area (Å²) < 4.78 is 0. The second-order valence-corrected chi connectivity index (χ2v) is 4.88. The number of rotatable bonds is 3. The van der Waals surface area contributed by atoms with Crippen molar-refractivity contribution in [2.24, 2.45) is 0 Å². The van der Waals surface area contributed by atoms with E-state index in [0.29, 0.717) is 0 Å². The Morgan fingerprint density at radius 1 is 1.07 bits per heavy atom. The molecule has 2 aliphatic heterocycles. The second kappa shape index (κ2) is 5.83. The van der Waals surface area contributed by atoms with Crippen LogP contribution in [-0.4, -0.2) is 61.7 Å². The summed E-state index contributed by atoms with van der Waals surface area (Å²) in [5.41, 5.74) is 0. The maximum absolute atomic E-state index is 3.64. The predicted molar refractivity (Wildman–Crippen MR) is 64.2 cm³/mol. The minimum atomic E-state index is 0.770. The van der Waals surface area contributed by atoms with Crippen LogP contribution < -0.4 is 5.32 Å². The number of piperidine rings is 1. The Bertz CT molecular complexity index is 170. The van der Waals surface area contributed by atoms with Gasteiger partial charge in [-0.3, -0.25) is 4.90 Å². The van der Waals surface area contributed by atoms with Gasteiger partial charge < -0.3 is 10.2 Å². The van der Waals surface area contributed by atoms with Crippen LogP contribution in [0, 0.1) is 0 Å². The molecule has 0 spiro atoms. The first kappa shape index (κ1) is 11.4. The lowest BCUT2D eigenvalue weighted by Gasteiger charge is -2.37. The molecule has 2 saturated heterocycles. The molecular formula is C12H25N3. The van der Waals surface area contributed by atoms with Gasteiger partial charge in [0.2, 0.25) is 0 Å². The Morgan fingerprint density at radius 3 is 2.40 bits per heavy atom. The fourth-order valence-electron chi connectivity index (χ4n) is 2.68. The van der Waals surface area contributed by atoms with Crippen LogP contribution in [0.25, 0.3) is 0 Å². The molecule has 2 aliphatic rings. The normalized spacial score (nSPS) is 30.6. The van der Waals surface area contributed by atoms with E-state index in [1.165, 1.54) is 65.1 Å². The summed E-state index contributed by atoms with van der Waals surface area (Å²) in [6.45, 7) is 11.1. The van der Waals surface area contributed by atoms with Gasteiger partial charge in [0.25, 0.3) is 0 Å². The van der Waals surface area contributed by atoms with Crippen LogP contribution in [0.4, 0.5) is 0 Å². The largest absolute Gasteiger partial charge is 0.313 e. The number of hydrogen-bond acceptors (Lipinski definition) is 3. The lowest BCUT2D eigenvalue weighted by molar-refractivity contribution is 0.123. The van der Waals surface area contributed by atoms with Crippen molar-refractivity contribution in [2.75, 3.05) is 45.8 Å². The average molecular weight is 211 g/mol. The van der Waals surface area contributed by atoms with E-state index in [0.717, 1.165) is 6.04 Å². The van der Waals surface area contributed by atoms with E-state index in [9.17, 15) is 0 Å². The average Bonchev–Trinajstić information content (AvgIpc) is 2.31. The van der Waals surface area contributed by atoms with E-state index in [4.69, 9.17) is 0 Å². The molecule has 0 saturated carbocycles. The molecule has 0 aromatic heterocycles. The van der Waals surface area contributed by atoms with Crippen LogP contribution in [0.5, 0.6) is 0 Å². The molecule has 0 aliphatic carbocycles. The summed E-state index contributed by atoms with van der Waals surface area (Å²) >= 11 is 0. The van der Waals surface area contributed by atoms with Crippen molar-refractivity contribution in [1.29, 1.82) is 0 Å². The quantitative estimate of drug-likeness (QED) is 0.744. The molecule has 0 amide bonds. The first-order valence-corrected chi connectivity index (χ1v) is 6.56. The molecule has 0 aromatic carbocycles. The minimum Gasteiger partial charge on any atom is -0.313 e. The number of nitrogens with zero attached hydrogens (tertiary/aromatic N) is 2. The third kappa shape index (κ3) is 3.44. The van der Waals surface area contributed by atoms with Crippen molar-refractivity contribution in [1.82, 2.24) is 15.1 Å². The van der Waals surface area contributed by atoms with Crippen LogP contribution in [0.3, 0.4) is 0 Å². The van der Waals surface area contributed by atoms with Crippen molar-refractivity contribution >= 4 is 0 Å². The molecule has 15 heavy (non-hydrogen) atoms. The summed E-state index contributed by atoms with van der Waals surface area (Å²) in [6.07, 6.45) is 4.18. The highest BCUT2D eigenvalue weighted by Crippen LogP contribution is 2.10. The van der Waals surface area contributed by atoms with Crippen molar-refractivity contribution < 1.29 is 0 Å². The standard InChI is InChI=1S/C12H25N3/c1-2-14-7-9-15(10-8-14)11-12-5-3-4-6-13-12/h12-13H,2-11H2,1H3/t12-/m0/s1. The molecule has 0 unspecified atom stereocenters. The predicted octanol–water partition coefficient (Wildman–Crippen LogP) is 0.766. The molecule has 2 rings (SSSR count). The van der Waals surface area contributed by atoms with E-state index in [1.807, 2.05) is 0 Å². The highest BCUT2D eigenvalue weighted by atomic mass is 15.3. The van der Waals surface area contributed by atoms with E-state index in [1.54, 1.807) is 0 Å². The maximum Gasteiger partial charge on any atom is 0.0195 e. The Hall–Kier alpha value is -0.120. The minimum absolute atomic E-state index is 0.770. The van der Waals surface area contributed by atoms with Gasteiger partial charge >= 0.3 is 0 Å². The molecule has 0 aromatic rings. The Morgan fingerprint density at radius 2 is 1.80 bits per heavy atom. The SMILES string of the molecule is CCN1CCN(C[C@@H]2CCCCN2)CC1. The van der Waals surface area contributed by atoms with Crippen LogP contribution >= 0.6 is 0 Å². The molecule has 3 heteroatoms. The molecule has 2 fully saturated rings. The number of hydrogen-bond donors (Lipinski definition) is 1. The van der Waals surface area contributed by atoms with Crippen LogP contribution in [0.1, 0.15) is 26.2 Å². The fourth-order valence-corrected chi connectivity index (χ4v) is 2.68. The summed E-state index contributed by atoms with van der Waals surface area (Å²) in [5.74, 6) is 0. The van der Waals surface area contributed by atoms with Crippen molar-refractivity contribution in [3.8, 4) is 0 Å². The molecule has 0 radical (unpaired) electrons. The van der Waals surface area contributed by atoms with Gasteiger partial charge in [-0.25, -0.2) is 0 Å². The van der Waals surface area contributed by atoms with Gasteiger partial charge in [0.1, 0.15) is 0 Å². The summed E-state index contributed by atoms with van der Waals surface area (Å²) in [5, 5.41) is 3.64. The molecule has 88 valence electrons. The first-order valence-electron chi connectivity index (χ1n) is 6.56. The summed E-state index contributed by atoms with van der Waals surface area (Å²) in [4.78, 5) is 5.18. The van der Waals surface area contributed by atoms with Crippen molar-refractivity contribution in [3.63, 3.8) is 0 Å². The van der Waals surface area contributed by atoms with E-state index in [-0.39, 0.29) is 0 Å². The second-order valence-electron chi connectivity index (χ2n) is 4.88. The number of nitrogens with one attached hydrogen (secondary N) is 1. The van der Waals surface area contributed by atoms with Gasteiger partial charge in [-0.1, -0.05) is 13.3 Å². The van der Waals surface area contributed by atoms with Gasteiger partial charge in [0.05, 0.1) is 0 Å². The van der Waals surface area contributed by atoms with E-state index in [2.05, 4.69) is 22.0 Å². The van der Waals surface area contributed by atoms with Gasteiger partial charge in [0.15, 0.2) is 0 Å². The zero-order chi connectivity index (χ0) is 10.5. The summed E-state index contributed by atoms with van der Waals surface area (Å²) in [6, 6.07) is 0.770. The number of likely N-dealkylation sites (N-methyl/N-ethyl adjacent to an activating group) is 1. The Kier molecular flexibility index (Phi) is 4.42. The van der Waals surface area contributed by atoms with E-state index >= 15 is 0 Å². The third-order valence-corrected chi connectivity index (χ3v) is 3.80. The zero-order valence-corrected chi connectivity index (χ0v) is 10.0. The highest BCUT2D eigenvalue weighted by Gasteiger charge is 2.20. The van der Waals surface area contributed by atoms with Gasteiger partial charge in [0, 0.05) is 38.8 Å². The third-order valence-electron chi connectivity index (χ3n) is 3.80. The summed E-state index contributed by atoms with van der Waals surface area (Å²) in [7, 11) is 0. The Balaban J connectivity index is 1.67. The molecule has 1 atom stereocenters. The molecule has 3 nitrogen and oxygen atoms in total. The Labute approximate surface area is 93.8 Å². The highest BCUT2D eigenvalue weighted by molar-refractivity contribution is 4.79. The van der Waals surface area contributed by atoms with Crippen LogP contribution in [0.15, 0.2) is 0 Å². The fraction of sp³-hybridized carbons (Fsp3) is 1.00. The topological polar surface area (TPSA) is 18.5 Å². The lowest BCUT2D eigenvalue weighted by Crippen LogP contribution is -2.51. The van der Waals surface area contributed by atoms with Gasteiger partial charge in [-0.15, -0.1) is 0 Å². The van der Waals surface area contributed by atoms with Gasteiger partial charge in [-0.2, -0.15) is 0 Å². The monoisotopic (exact) mass is 211 g/mol. The molecule has 0 bridgehead atoms. The first-order chi connectivity index (χ1) is 7.38. The zero-order valence-electron chi connectivity index (χ0n) is 10.0. The van der Waals surface area contributed by atoms with Crippen LogP contribution in [-0.2, 0) is 0 Å². The van der Waals surface area contributed by atoms with Crippen LogP contribution in [0.2, 0.25) is 0 Å². The van der Waals surface area contributed by atoms with Crippen molar-refractivity contribution in [3.05, 3.63) is 0 Å². The molecule has 2 heterocycles. The lowest BCUT2D eigenvalue weighted by atomic mass is 10.0. The van der Waals surface area contributed by atoms with Crippen molar-refractivity contribution in [2.45, 2.75) is 32.2 Å². The smallest absolute Gasteiger partial charge is 0.0195 e. The van der Waals surface area contributed by atoms with E-state index < -0.39 is 0 Å². The number of piperazine rings is 1.